The van der Waals surface area contributed by atoms with Crippen LogP contribution in [0.1, 0.15) is 27.1 Å². The Kier molecular flexibility index (Phi) is 3.81. The molecule has 0 N–H and O–H groups in total. The minimum absolute atomic E-state index is 0.0439. The SMILES string of the molecule is Cc1noc(COC(=O)c2cc3c(C)nn(-c4ccccc4)c3s2)n1. The Morgan fingerprint density at radius 2 is 2.08 bits per heavy atom. The van der Waals surface area contributed by atoms with Crippen LogP contribution < -0.4 is 0 Å². The standard InChI is InChI=1S/C17H14N4O3S/c1-10-13-8-14(17(22)23-9-15-18-11(2)20-24-15)25-16(13)21(19-10)12-6-4-3-5-7-12/h3-8H,9H2,1-2H3. The molecule has 0 unspecified atom stereocenters. The number of rotatable bonds is 4. The lowest BCUT2D eigenvalue weighted by atomic mass is 10.3. The molecule has 0 aliphatic heterocycles. The van der Waals surface area contributed by atoms with Crippen LogP contribution in [-0.4, -0.2) is 25.9 Å². The molecule has 0 bridgehead atoms. The summed E-state index contributed by atoms with van der Waals surface area (Å²) < 4.78 is 12.0. The fourth-order valence-electron chi connectivity index (χ4n) is 2.49. The molecule has 0 radical (unpaired) electrons. The first-order valence-corrected chi connectivity index (χ1v) is 8.44. The number of ether oxygens (including phenoxy) is 1. The van der Waals surface area contributed by atoms with E-state index in [4.69, 9.17) is 9.26 Å². The van der Waals surface area contributed by atoms with Gasteiger partial charge >= 0.3 is 5.97 Å². The zero-order valence-electron chi connectivity index (χ0n) is 13.6. The van der Waals surface area contributed by atoms with Crippen LogP contribution in [0.5, 0.6) is 0 Å². The fraction of sp³-hybridized carbons (Fsp3) is 0.176. The number of benzene rings is 1. The lowest BCUT2D eigenvalue weighted by Gasteiger charge is -2.01. The zero-order chi connectivity index (χ0) is 17.4. The average molecular weight is 354 g/mol. The Morgan fingerprint density at radius 1 is 1.28 bits per heavy atom. The summed E-state index contributed by atoms with van der Waals surface area (Å²) >= 11 is 1.35. The highest BCUT2D eigenvalue weighted by molar-refractivity contribution is 7.20. The largest absolute Gasteiger partial charge is 0.451 e. The van der Waals surface area contributed by atoms with Crippen LogP contribution in [0, 0.1) is 13.8 Å². The van der Waals surface area contributed by atoms with Crippen molar-refractivity contribution in [2.75, 3.05) is 0 Å². The van der Waals surface area contributed by atoms with Crippen molar-refractivity contribution in [3.8, 4) is 5.69 Å². The number of esters is 1. The van der Waals surface area contributed by atoms with E-state index in [1.54, 1.807) is 6.92 Å². The molecule has 0 fully saturated rings. The molecule has 0 spiro atoms. The molecule has 7 nitrogen and oxygen atoms in total. The summed E-state index contributed by atoms with van der Waals surface area (Å²) in [4.78, 5) is 17.7. The second kappa shape index (κ2) is 6.14. The van der Waals surface area contributed by atoms with Gasteiger partial charge in [0.25, 0.3) is 5.89 Å². The smallest absolute Gasteiger partial charge is 0.348 e. The Bertz CT molecular complexity index is 1050. The average Bonchev–Trinajstić information content (AvgIpc) is 3.30. The summed E-state index contributed by atoms with van der Waals surface area (Å²) in [7, 11) is 0. The van der Waals surface area contributed by atoms with Gasteiger partial charge in [0.2, 0.25) is 0 Å². The van der Waals surface area contributed by atoms with Crippen LogP contribution in [0.15, 0.2) is 40.9 Å². The highest BCUT2D eigenvalue weighted by Gasteiger charge is 2.18. The second-order valence-electron chi connectivity index (χ2n) is 5.47. The summed E-state index contributed by atoms with van der Waals surface area (Å²) in [6.07, 6.45) is 0. The number of carbonyl (C=O) groups is 1. The van der Waals surface area contributed by atoms with E-state index < -0.39 is 5.97 Å². The van der Waals surface area contributed by atoms with Crippen LogP contribution in [0.25, 0.3) is 15.9 Å². The molecule has 4 aromatic rings. The minimum atomic E-state index is -0.420. The second-order valence-corrected chi connectivity index (χ2v) is 6.50. The number of aryl methyl sites for hydroxylation is 2. The first-order valence-electron chi connectivity index (χ1n) is 7.63. The van der Waals surface area contributed by atoms with Crippen molar-refractivity contribution >= 4 is 27.5 Å². The van der Waals surface area contributed by atoms with Gasteiger partial charge < -0.3 is 9.26 Å². The van der Waals surface area contributed by atoms with Gasteiger partial charge in [-0.05, 0) is 32.0 Å². The first kappa shape index (κ1) is 15.5. The molecule has 8 heteroatoms. The summed E-state index contributed by atoms with van der Waals surface area (Å²) in [5.41, 5.74) is 1.81. The number of nitrogens with zero attached hydrogens (tertiary/aromatic N) is 4. The van der Waals surface area contributed by atoms with Crippen molar-refractivity contribution in [2.24, 2.45) is 0 Å². The summed E-state index contributed by atoms with van der Waals surface area (Å²) in [5.74, 6) is 0.362. The molecule has 25 heavy (non-hydrogen) atoms. The maximum atomic E-state index is 12.3. The molecular formula is C17H14N4O3S. The van der Waals surface area contributed by atoms with E-state index in [-0.39, 0.29) is 12.5 Å². The zero-order valence-corrected chi connectivity index (χ0v) is 14.4. The Morgan fingerprint density at radius 3 is 2.80 bits per heavy atom. The fourth-order valence-corrected chi connectivity index (χ4v) is 3.57. The number of hydrogen-bond donors (Lipinski definition) is 0. The van der Waals surface area contributed by atoms with Gasteiger partial charge in [0.05, 0.1) is 11.4 Å². The lowest BCUT2D eigenvalue weighted by Crippen LogP contribution is -2.03. The van der Waals surface area contributed by atoms with Gasteiger partial charge in [-0.15, -0.1) is 11.3 Å². The Labute approximate surface area is 146 Å². The van der Waals surface area contributed by atoms with Gasteiger partial charge in [-0.25, -0.2) is 9.48 Å². The van der Waals surface area contributed by atoms with Gasteiger partial charge in [0.15, 0.2) is 12.4 Å². The Hall–Kier alpha value is -3.00. The highest BCUT2D eigenvalue weighted by Crippen LogP contribution is 2.30. The maximum Gasteiger partial charge on any atom is 0.348 e. The van der Waals surface area contributed by atoms with E-state index in [0.717, 1.165) is 21.6 Å². The number of hydrogen-bond acceptors (Lipinski definition) is 7. The van der Waals surface area contributed by atoms with Crippen molar-refractivity contribution < 1.29 is 14.1 Å². The van der Waals surface area contributed by atoms with Crippen molar-refractivity contribution in [2.45, 2.75) is 20.5 Å². The number of para-hydroxylation sites is 1. The number of carbonyl (C=O) groups excluding carboxylic acids is 1. The van der Waals surface area contributed by atoms with Crippen molar-refractivity contribution in [3.05, 3.63) is 58.7 Å². The van der Waals surface area contributed by atoms with Crippen molar-refractivity contribution in [1.29, 1.82) is 0 Å². The third-order valence-electron chi connectivity index (χ3n) is 3.64. The molecule has 0 saturated carbocycles. The van der Waals surface area contributed by atoms with E-state index in [9.17, 15) is 4.79 Å². The van der Waals surface area contributed by atoms with E-state index in [2.05, 4.69) is 15.2 Å². The van der Waals surface area contributed by atoms with Gasteiger partial charge in [-0.3, -0.25) is 0 Å². The first-order chi connectivity index (χ1) is 12.1. The molecule has 0 atom stereocenters. The third-order valence-corrected chi connectivity index (χ3v) is 4.73. The molecule has 1 aromatic carbocycles. The van der Waals surface area contributed by atoms with Crippen LogP contribution in [0.3, 0.4) is 0 Å². The van der Waals surface area contributed by atoms with Crippen LogP contribution in [0.4, 0.5) is 0 Å². The summed E-state index contributed by atoms with van der Waals surface area (Å²) in [6.45, 7) is 3.58. The Balaban J connectivity index is 1.61. The van der Waals surface area contributed by atoms with E-state index in [0.29, 0.717) is 10.7 Å². The van der Waals surface area contributed by atoms with E-state index in [1.165, 1.54) is 11.3 Å². The number of aromatic nitrogens is 4. The van der Waals surface area contributed by atoms with Crippen LogP contribution >= 0.6 is 11.3 Å². The molecule has 0 saturated heterocycles. The highest BCUT2D eigenvalue weighted by atomic mass is 32.1. The number of thiophene rings is 1. The van der Waals surface area contributed by atoms with E-state index >= 15 is 0 Å². The number of fused-ring (bicyclic) bond motifs is 1. The predicted octanol–water partition coefficient (Wildman–Crippen LogP) is 3.44. The molecular weight excluding hydrogens is 340 g/mol. The van der Waals surface area contributed by atoms with Crippen LogP contribution in [0.2, 0.25) is 0 Å². The summed E-state index contributed by atoms with van der Waals surface area (Å²) in [5, 5.41) is 9.16. The monoisotopic (exact) mass is 354 g/mol. The maximum absolute atomic E-state index is 12.3. The van der Waals surface area contributed by atoms with Crippen molar-refractivity contribution in [3.63, 3.8) is 0 Å². The molecule has 126 valence electrons. The van der Waals surface area contributed by atoms with Crippen LogP contribution in [-0.2, 0) is 11.3 Å². The normalized spacial score (nSPS) is 11.1. The summed E-state index contributed by atoms with van der Waals surface area (Å²) in [6, 6.07) is 11.6. The van der Waals surface area contributed by atoms with Crippen molar-refractivity contribution in [1.82, 2.24) is 19.9 Å². The predicted molar refractivity (Wildman–Crippen MR) is 91.8 cm³/mol. The quantitative estimate of drug-likeness (QED) is 0.522. The lowest BCUT2D eigenvalue weighted by molar-refractivity contribution is 0.0435. The van der Waals surface area contributed by atoms with Gasteiger partial charge in [-0.1, -0.05) is 23.4 Å². The molecule has 3 aromatic heterocycles. The molecule has 4 rings (SSSR count). The topological polar surface area (TPSA) is 83.0 Å². The van der Waals surface area contributed by atoms with E-state index in [1.807, 2.05) is 48.0 Å². The molecule has 3 heterocycles. The van der Waals surface area contributed by atoms with Gasteiger partial charge in [0, 0.05) is 5.39 Å². The van der Waals surface area contributed by atoms with Gasteiger partial charge in [0.1, 0.15) is 9.71 Å². The third kappa shape index (κ3) is 2.91. The molecule has 0 amide bonds. The minimum Gasteiger partial charge on any atom is -0.451 e. The molecule has 0 aliphatic rings. The molecule has 0 aliphatic carbocycles. The van der Waals surface area contributed by atoms with Gasteiger partial charge in [-0.2, -0.15) is 10.1 Å².